The average Bonchev–Trinajstić information content (AvgIpc) is 2.55. The zero-order valence-corrected chi connectivity index (χ0v) is 13.8. The summed E-state index contributed by atoms with van der Waals surface area (Å²) >= 11 is 0. The number of aryl methyl sites for hydroxylation is 1. The van der Waals surface area contributed by atoms with Crippen molar-refractivity contribution < 1.29 is 9.84 Å². The lowest BCUT2D eigenvalue weighted by atomic mass is 9.91. The molecule has 0 aromatic heterocycles. The molecule has 0 spiro atoms. The monoisotopic (exact) mass is 293 g/mol. The van der Waals surface area contributed by atoms with Crippen LogP contribution in [0.4, 0.5) is 0 Å². The van der Waals surface area contributed by atoms with Crippen molar-refractivity contribution in [2.45, 2.75) is 58.4 Å². The van der Waals surface area contributed by atoms with Crippen molar-refractivity contribution in [2.75, 3.05) is 19.8 Å². The van der Waals surface area contributed by atoms with E-state index in [4.69, 9.17) is 4.74 Å². The van der Waals surface area contributed by atoms with Crippen LogP contribution in [0, 0.1) is 0 Å². The molecule has 1 aromatic carbocycles. The minimum absolute atomic E-state index is 0.149. The quantitative estimate of drug-likeness (QED) is 0.613. The first-order valence-electron chi connectivity index (χ1n) is 8.28. The Hall–Kier alpha value is -1.06. The number of nitrogens with one attached hydrogen (secondary N) is 1. The van der Waals surface area contributed by atoms with Crippen LogP contribution in [0.3, 0.4) is 0 Å². The molecule has 0 aliphatic heterocycles. The second-order valence-electron chi connectivity index (χ2n) is 5.63. The van der Waals surface area contributed by atoms with E-state index in [-0.39, 0.29) is 12.1 Å². The van der Waals surface area contributed by atoms with Crippen LogP contribution in [0.1, 0.15) is 52.0 Å². The molecule has 0 fully saturated rings. The van der Waals surface area contributed by atoms with Crippen molar-refractivity contribution in [2.24, 2.45) is 0 Å². The van der Waals surface area contributed by atoms with E-state index in [1.165, 1.54) is 5.56 Å². The number of aliphatic hydroxyl groups excluding tert-OH is 1. The van der Waals surface area contributed by atoms with Crippen LogP contribution in [0.2, 0.25) is 0 Å². The van der Waals surface area contributed by atoms with Gasteiger partial charge in [-0.1, -0.05) is 39.0 Å². The van der Waals surface area contributed by atoms with Crippen LogP contribution >= 0.6 is 0 Å². The summed E-state index contributed by atoms with van der Waals surface area (Å²) in [6, 6.07) is 8.21. The summed E-state index contributed by atoms with van der Waals surface area (Å²) in [4.78, 5) is 0. The third kappa shape index (κ3) is 5.68. The lowest BCUT2D eigenvalue weighted by molar-refractivity contribution is 0.138. The number of benzene rings is 1. The molecule has 0 saturated heterocycles. The van der Waals surface area contributed by atoms with Gasteiger partial charge < -0.3 is 15.2 Å². The molecule has 1 unspecified atom stereocenters. The largest absolute Gasteiger partial charge is 0.493 e. The van der Waals surface area contributed by atoms with Gasteiger partial charge in [-0.25, -0.2) is 0 Å². The Bertz CT molecular complexity index is 389. The molecule has 120 valence electrons. The van der Waals surface area contributed by atoms with Crippen molar-refractivity contribution in [3.8, 4) is 5.75 Å². The minimum Gasteiger partial charge on any atom is -0.493 e. The summed E-state index contributed by atoms with van der Waals surface area (Å²) in [7, 11) is 0. The summed E-state index contributed by atoms with van der Waals surface area (Å²) in [6.07, 6.45) is 4.90. The highest BCUT2D eigenvalue weighted by molar-refractivity contribution is 5.33. The molecule has 0 aliphatic rings. The summed E-state index contributed by atoms with van der Waals surface area (Å²) in [5.74, 6) is 0.993. The van der Waals surface area contributed by atoms with Gasteiger partial charge in [-0.3, -0.25) is 0 Å². The van der Waals surface area contributed by atoms with E-state index in [0.717, 1.165) is 44.4 Å². The summed E-state index contributed by atoms with van der Waals surface area (Å²) < 4.78 is 5.91. The number of hydrogen-bond donors (Lipinski definition) is 2. The van der Waals surface area contributed by atoms with Gasteiger partial charge >= 0.3 is 0 Å². The molecule has 1 aromatic rings. The van der Waals surface area contributed by atoms with Crippen LogP contribution in [0.15, 0.2) is 24.3 Å². The van der Waals surface area contributed by atoms with Gasteiger partial charge in [0.15, 0.2) is 0 Å². The Kier molecular flexibility index (Phi) is 8.40. The van der Waals surface area contributed by atoms with Crippen molar-refractivity contribution in [1.29, 1.82) is 0 Å². The van der Waals surface area contributed by atoms with Crippen LogP contribution in [-0.2, 0) is 6.42 Å². The topological polar surface area (TPSA) is 41.5 Å². The standard InChI is InChI=1S/C18H31NO2/c1-4-13-19-18(6-3,15-20)12-9-14-21-17-11-8-7-10-16(17)5-2/h7-8,10-11,19-20H,4-6,9,12-15H2,1-3H3. The lowest BCUT2D eigenvalue weighted by Gasteiger charge is -2.32. The van der Waals surface area contributed by atoms with Gasteiger partial charge in [0.2, 0.25) is 0 Å². The SMILES string of the molecule is CCCNC(CC)(CO)CCCOc1ccccc1CC. The molecule has 3 nitrogen and oxygen atoms in total. The minimum atomic E-state index is -0.149. The molecular weight excluding hydrogens is 262 g/mol. The molecule has 0 amide bonds. The van der Waals surface area contributed by atoms with E-state index >= 15 is 0 Å². The van der Waals surface area contributed by atoms with Crippen molar-refractivity contribution in [1.82, 2.24) is 5.32 Å². The predicted molar refractivity (Wildman–Crippen MR) is 89.0 cm³/mol. The van der Waals surface area contributed by atoms with Gasteiger partial charge in [0.1, 0.15) is 5.75 Å². The molecule has 0 saturated carbocycles. The number of aliphatic hydroxyl groups is 1. The fourth-order valence-electron chi connectivity index (χ4n) is 2.56. The van der Waals surface area contributed by atoms with Gasteiger partial charge in [-0.15, -0.1) is 0 Å². The fourth-order valence-corrected chi connectivity index (χ4v) is 2.56. The Morgan fingerprint density at radius 2 is 1.95 bits per heavy atom. The third-order valence-electron chi connectivity index (χ3n) is 4.14. The maximum atomic E-state index is 9.70. The molecule has 0 heterocycles. The Balaban J connectivity index is 2.43. The van der Waals surface area contributed by atoms with Crippen molar-refractivity contribution in [3.05, 3.63) is 29.8 Å². The average molecular weight is 293 g/mol. The highest BCUT2D eigenvalue weighted by Crippen LogP contribution is 2.20. The van der Waals surface area contributed by atoms with Crippen molar-refractivity contribution >= 4 is 0 Å². The molecule has 3 heteroatoms. The van der Waals surface area contributed by atoms with Crippen LogP contribution < -0.4 is 10.1 Å². The molecular formula is C18H31NO2. The van der Waals surface area contributed by atoms with E-state index < -0.39 is 0 Å². The highest BCUT2D eigenvalue weighted by atomic mass is 16.5. The molecule has 1 atom stereocenters. The Morgan fingerprint density at radius 3 is 2.57 bits per heavy atom. The molecule has 1 rings (SSSR count). The molecule has 21 heavy (non-hydrogen) atoms. The van der Waals surface area contributed by atoms with Gasteiger partial charge in [-0.2, -0.15) is 0 Å². The van der Waals surface area contributed by atoms with Crippen LogP contribution in [0.5, 0.6) is 5.75 Å². The van der Waals surface area contributed by atoms with E-state index in [1.807, 2.05) is 18.2 Å². The first-order chi connectivity index (χ1) is 10.2. The second kappa shape index (κ2) is 9.80. The first-order valence-corrected chi connectivity index (χ1v) is 8.28. The smallest absolute Gasteiger partial charge is 0.122 e. The zero-order chi connectivity index (χ0) is 15.6. The molecule has 0 aliphatic carbocycles. The Labute approximate surface area is 129 Å². The van der Waals surface area contributed by atoms with E-state index in [2.05, 4.69) is 32.2 Å². The zero-order valence-electron chi connectivity index (χ0n) is 13.8. The molecule has 0 bridgehead atoms. The third-order valence-corrected chi connectivity index (χ3v) is 4.14. The van der Waals surface area contributed by atoms with E-state index in [9.17, 15) is 5.11 Å². The number of rotatable bonds is 11. The first kappa shape index (κ1) is 18.0. The van der Waals surface area contributed by atoms with Crippen LogP contribution in [-0.4, -0.2) is 30.4 Å². The molecule has 0 radical (unpaired) electrons. The fraction of sp³-hybridized carbons (Fsp3) is 0.667. The van der Waals surface area contributed by atoms with Gasteiger partial charge in [0.05, 0.1) is 13.2 Å². The summed E-state index contributed by atoms with van der Waals surface area (Å²) in [5, 5.41) is 13.2. The normalized spacial score (nSPS) is 13.9. The number of para-hydroxylation sites is 1. The highest BCUT2D eigenvalue weighted by Gasteiger charge is 2.25. The van der Waals surface area contributed by atoms with Crippen molar-refractivity contribution in [3.63, 3.8) is 0 Å². The second-order valence-corrected chi connectivity index (χ2v) is 5.63. The van der Waals surface area contributed by atoms with Crippen LogP contribution in [0.25, 0.3) is 0 Å². The Morgan fingerprint density at radius 1 is 1.19 bits per heavy atom. The van der Waals surface area contributed by atoms with E-state index in [0.29, 0.717) is 6.61 Å². The van der Waals surface area contributed by atoms with Gasteiger partial charge in [0.25, 0.3) is 0 Å². The van der Waals surface area contributed by atoms with Gasteiger partial charge in [0, 0.05) is 5.54 Å². The maximum absolute atomic E-state index is 9.70. The van der Waals surface area contributed by atoms with Gasteiger partial charge in [-0.05, 0) is 50.3 Å². The summed E-state index contributed by atoms with van der Waals surface area (Å²) in [5.41, 5.74) is 1.11. The number of hydrogen-bond acceptors (Lipinski definition) is 3. The maximum Gasteiger partial charge on any atom is 0.122 e. The van der Waals surface area contributed by atoms with E-state index in [1.54, 1.807) is 0 Å². The lowest BCUT2D eigenvalue weighted by Crippen LogP contribution is -2.48. The summed E-state index contributed by atoms with van der Waals surface area (Å²) in [6.45, 7) is 8.27. The molecule has 2 N–H and O–H groups in total. The predicted octanol–water partition coefficient (Wildman–Crippen LogP) is 3.55. The number of ether oxygens (including phenoxy) is 1.